The van der Waals surface area contributed by atoms with Crippen molar-refractivity contribution in [1.82, 2.24) is 5.32 Å². The highest BCUT2D eigenvalue weighted by molar-refractivity contribution is 9.10. The lowest BCUT2D eigenvalue weighted by Gasteiger charge is -2.25. The predicted molar refractivity (Wildman–Crippen MR) is 73.4 cm³/mol. The number of alkyl halides is 1. The summed E-state index contributed by atoms with van der Waals surface area (Å²) in [6.45, 7) is 4.96. The van der Waals surface area contributed by atoms with E-state index in [9.17, 15) is 4.39 Å². The SMILES string of the molecule is CC(C)(CCBr)NCc1cc(F)cc(Br)c1. The summed E-state index contributed by atoms with van der Waals surface area (Å²) in [6, 6.07) is 4.95. The molecule has 0 saturated heterocycles. The standard InChI is InChI=1S/C12H16Br2FN/c1-12(2,3-4-13)16-8-9-5-10(14)7-11(15)6-9/h5-7,16H,3-4,8H2,1-2H3. The number of halogens is 3. The first-order chi connectivity index (χ1) is 7.43. The molecule has 90 valence electrons. The van der Waals surface area contributed by atoms with Crippen LogP contribution in [0.15, 0.2) is 22.7 Å². The molecule has 4 heteroatoms. The molecule has 1 aromatic rings. The summed E-state index contributed by atoms with van der Waals surface area (Å²) >= 11 is 6.72. The molecule has 0 atom stereocenters. The van der Waals surface area contributed by atoms with Crippen LogP contribution in [0.2, 0.25) is 0 Å². The van der Waals surface area contributed by atoms with Crippen LogP contribution in [0.25, 0.3) is 0 Å². The van der Waals surface area contributed by atoms with E-state index in [0.717, 1.165) is 21.8 Å². The molecular weight excluding hydrogens is 337 g/mol. The van der Waals surface area contributed by atoms with Gasteiger partial charge in [0.25, 0.3) is 0 Å². The second-order valence-corrected chi connectivity index (χ2v) is 6.16. The second kappa shape index (κ2) is 6.12. The molecule has 0 bridgehead atoms. The molecule has 0 aliphatic heterocycles. The molecule has 1 N–H and O–H groups in total. The summed E-state index contributed by atoms with van der Waals surface area (Å²) < 4.78 is 13.9. The summed E-state index contributed by atoms with van der Waals surface area (Å²) in [7, 11) is 0. The molecule has 0 spiro atoms. The van der Waals surface area contributed by atoms with E-state index in [1.54, 1.807) is 6.07 Å². The van der Waals surface area contributed by atoms with Crippen molar-refractivity contribution in [2.75, 3.05) is 5.33 Å². The first kappa shape index (κ1) is 14.1. The molecule has 16 heavy (non-hydrogen) atoms. The Balaban J connectivity index is 2.60. The van der Waals surface area contributed by atoms with E-state index >= 15 is 0 Å². The minimum atomic E-state index is -0.204. The molecule has 1 aromatic carbocycles. The van der Waals surface area contributed by atoms with Gasteiger partial charge < -0.3 is 5.32 Å². The Morgan fingerprint density at radius 3 is 2.56 bits per heavy atom. The van der Waals surface area contributed by atoms with Crippen molar-refractivity contribution >= 4 is 31.9 Å². The Morgan fingerprint density at radius 2 is 2.00 bits per heavy atom. The maximum absolute atomic E-state index is 13.1. The molecule has 0 aliphatic rings. The van der Waals surface area contributed by atoms with Gasteiger partial charge in [0, 0.05) is 21.9 Å². The molecule has 1 nitrogen and oxygen atoms in total. The van der Waals surface area contributed by atoms with Crippen LogP contribution in [0.1, 0.15) is 25.8 Å². The zero-order chi connectivity index (χ0) is 12.2. The third-order valence-electron chi connectivity index (χ3n) is 2.41. The van der Waals surface area contributed by atoms with Crippen LogP contribution in [0.4, 0.5) is 4.39 Å². The lowest BCUT2D eigenvalue weighted by atomic mass is 10.0. The monoisotopic (exact) mass is 351 g/mol. The van der Waals surface area contributed by atoms with Gasteiger partial charge in [0.15, 0.2) is 0 Å². The lowest BCUT2D eigenvalue weighted by molar-refractivity contribution is 0.377. The van der Waals surface area contributed by atoms with Crippen molar-refractivity contribution in [1.29, 1.82) is 0 Å². The summed E-state index contributed by atoms with van der Waals surface area (Å²) in [4.78, 5) is 0. The van der Waals surface area contributed by atoms with Gasteiger partial charge >= 0.3 is 0 Å². The van der Waals surface area contributed by atoms with Gasteiger partial charge in [0.05, 0.1) is 0 Å². The lowest BCUT2D eigenvalue weighted by Crippen LogP contribution is -2.39. The average Bonchev–Trinajstić information content (AvgIpc) is 2.13. The molecule has 0 heterocycles. The third kappa shape index (κ3) is 4.93. The van der Waals surface area contributed by atoms with E-state index in [2.05, 4.69) is 51.0 Å². The van der Waals surface area contributed by atoms with Crippen LogP contribution in [0.3, 0.4) is 0 Å². The summed E-state index contributed by atoms with van der Waals surface area (Å²) in [5.41, 5.74) is 1.01. The Bertz CT molecular complexity index is 333. The third-order valence-corrected chi connectivity index (χ3v) is 3.27. The largest absolute Gasteiger partial charge is 0.308 e. The highest BCUT2D eigenvalue weighted by Gasteiger charge is 2.15. The van der Waals surface area contributed by atoms with Crippen LogP contribution in [0.5, 0.6) is 0 Å². The fourth-order valence-electron chi connectivity index (χ4n) is 1.38. The minimum absolute atomic E-state index is 0.0578. The number of hydrogen-bond donors (Lipinski definition) is 1. The highest BCUT2D eigenvalue weighted by Crippen LogP contribution is 2.16. The van der Waals surface area contributed by atoms with Crippen molar-refractivity contribution < 1.29 is 4.39 Å². The zero-order valence-corrected chi connectivity index (χ0v) is 12.7. The maximum atomic E-state index is 13.1. The van der Waals surface area contributed by atoms with E-state index in [1.165, 1.54) is 6.07 Å². The van der Waals surface area contributed by atoms with Gasteiger partial charge in [-0.25, -0.2) is 4.39 Å². The van der Waals surface area contributed by atoms with Gasteiger partial charge in [-0.2, -0.15) is 0 Å². The van der Waals surface area contributed by atoms with Gasteiger partial charge in [-0.15, -0.1) is 0 Å². The topological polar surface area (TPSA) is 12.0 Å². The van der Waals surface area contributed by atoms with Gasteiger partial charge in [-0.1, -0.05) is 31.9 Å². The van der Waals surface area contributed by atoms with Crippen molar-refractivity contribution in [3.63, 3.8) is 0 Å². The van der Waals surface area contributed by atoms with Crippen LogP contribution >= 0.6 is 31.9 Å². The molecule has 1 rings (SSSR count). The summed E-state index contributed by atoms with van der Waals surface area (Å²) in [5.74, 6) is -0.204. The van der Waals surface area contributed by atoms with E-state index in [4.69, 9.17) is 0 Å². The smallest absolute Gasteiger partial charge is 0.124 e. The Kier molecular flexibility index (Phi) is 5.41. The molecular formula is C12H16Br2FN. The number of rotatable bonds is 5. The summed E-state index contributed by atoms with van der Waals surface area (Å²) in [6.07, 6.45) is 1.03. The average molecular weight is 353 g/mol. The molecule has 0 saturated carbocycles. The molecule has 0 fully saturated rings. The van der Waals surface area contributed by atoms with Crippen molar-refractivity contribution in [3.05, 3.63) is 34.1 Å². The summed E-state index contributed by atoms with van der Waals surface area (Å²) in [5, 5.41) is 4.37. The molecule has 0 aliphatic carbocycles. The van der Waals surface area contributed by atoms with E-state index < -0.39 is 0 Å². The fraction of sp³-hybridized carbons (Fsp3) is 0.500. The Hall–Kier alpha value is 0.0700. The van der Waals surface area contributed by atoms with Crippen molar-refractivity contribution in [3.8, 4) is 0 Å². The molecule has 0 amide bonds. The van der Waals surface area contributed by atoms with Crippen LogP contribution in [0, 0.1) is 5.82 Å². The number of benzene rings is 1. The predicted octanol–water partition coefficient (Wildman–Crippen LogP) is 4.24. The Morgan fingerprint density at radius 1 is 1.31 bits per heavy atom. The van der Waals surface area contributed by atoms with Gasteiger partial charge in [-0.3, -0.25) is 0 Å². The first-order valence-corrected chi connectivity index (χ1v) is 7.10. The molecule has 0 unspecified atom stereocenters. The zero-order valence-electron chi connectivity index (χ0n) is 9.49. The van der Waals surface area contributed by atoms with Crippen molar-refractivity contribution in [2.45, 2.75) is 32.4 Å². The van der Waals surface area contributed by atoms with Gasteiger partial charge in [0.1, 0.15) is 5.82 Å². The van der Waals surface area contributed by atoms with E-state index in [1.807, 2.05) is 6.07 Å². The highest BCUT2D eigenvalue weighted by atomic mass is 79.9. The maximum Gasteiger partial charge on any atom is 0.124 e. The van der Waals surface area contributed by atoms with E-state index in [-0.39, 0.29) is 11.4 Å². The quantitative estimate of drug-likeness (QED) is 0.781. The first-order valence-electron chi connectivity index (χ1n) is 5.19. The number of nitrogens with one attached hydrogen (secondary N) is 1. The van der Waals surface area contributed by atoms with E-state index in [0.29, 0.717) is 6.54 Å². The van der Waals surface area contributed by atoms with Crippen molar-refractivity contribution in [2.24, 2.45) is 0 Å². The van der Waals surface area contributed by atoms with Gasteiger partial charge in [-0.05, 0) is 44.0 Å². The normalized spacial score (nSPS) is 11.8. The van der Waals surface area contributed by atoms with Crippen LogP contribution in [-0.4, -0.2) is 10.9 Å². The van der Waals surface area contributed by atoms with Crippen LogP contribution in [-0.2, 0) is 6.54 Å². The molecule has 0 radical (unpaired) electrons. The number of hydrogen-bond acceptors (Lipinski definition) is 1. The second-order valence-electron chi connectivity index (χ2n) is 4.45. The fourth-order valence-corrected chi connectivity index (χ4v) is 2.88. The van der Waals surface area contributed by atoms with Gasteiger partial charge in [0.2, 0.25) is 0 Å². The minimum Gasteiger partial charge on any atom is -0.308 e. The van der Waals surface area contributed by atoms with Crippen LogP contribution < -0.4 is 5.32 Å². The Labute approximate surface area is 113 Å². The molecule has 0 aromatic heterocycles.